The molecular formula is C21H21N3O3. The third-order valence-corrected chi connectivity index (χ3v) is 3.77. The van der Waals surface area contributed by atoms with Gasteiger partial charge in [-0.1, -0.05) is 42.5 Å². The summed E-state index contributed by atoms with van der Waals surface area (Å²) in [7, 11) is 3.76. The van der Waals surface area contributed by atoms with Crippen molar-refractivity contribution in [3.05, 3.63) is 72.5 Å². The molecule has 1 aromatic heterocycles. The molecule has 0 saturated carbocycles. The number of anilines is 1. The van der Waals surface area contributed by atoms with E-state index < -0.39 is 0 Å². The topological polar surface area (TPSA) is 67.1 Å². The van der Waals surface area contributed by atoms with Crippen molar-refractivity contribution in [3.63, 3.8) is 0 Å². The number of ether oxygens (including phenoxy) is 1. The Balaban J connectivity index is 1.46. The number of rotatable bonds is 7. The predicted octanol–water partition coefficient (Wildman–Crippen LogP) is 3.54. The molecule has 0 atom stereocenters. The standard InChI is InChI=1S/C21H21N3O3/c1-24(2)21-13-12-19(27-21)14-22-23-20(25)15-26-18-10-8-17(9-11-18)16-6-4-3-5-7-16/h3-14H,15H2,1-2H3,(H,23,25)/b22-14+. The molecule has 1 N–H and O–H groups in total. The second-order valence-corrected chi connectivity index (χ2v) is 6.04. The molecule has 3 aromatic rings. The Hall–Kier alpha value is -3.54. The second-order valence-electron chi connectivity index (χ2n) is 6.04. The fourth-order valence-electron chi connectivity index (χ4n) is 2.38. The van der Waals surface area contributed by atoms with Gasteiger partial charge < -0.3 is 14.1 Å². The van der Waals surface area contributed by atoms with Crippen LogP contribution in [0.3, 0.4) is 0 Å². The Labute approximate surface area is 158 Å². The van der Waals surface area contributed by atoms with Crippen LogP contribution in [-0.4, -0.2) is 32.8 Å². The van der Waals surface area contributed by atoms with Crippen molar-refractivity contribution in [2.24, 2.45) is 5.10 Å². The molecule has 0 aliphatic rings. The largest absolute Gasteiger partial charge is 0.484 e. The van der Waals surface area contributed by atoms with Crippen molar-refractivity contribution in [1.29, 1.82) is 0 Å². The van der Waals surface area contributed by atoms with E-state index in [9.17, 15) is 4.79 Å². The Morgan fingerprint density at radius 1 is 1.04 bits per heavy atom. The summed E-state index contributed by atoms with van der Waals surface area (Å²) < 4.78 is 11.0. The summed E-state index contributed by atoms with van der Waals surface area (Å²) in [5.74, 6) is 1.54. The Morgan fingerprint density at radius 2 is 1.74 bits per heavy atom. The number of nitrogens with zero attached hydrogens (tertiary/aromatic N) is 2. The number of carbonyl (C=O) groups is 1. The normalized spacial score (nSPS) is 10.7. The minimum absolute atomic E-state index is 0.122. The Bertz CT molecular complexity index is 900. The van der Waals surface area contributed by atoms with Gasteiger partial charge in [0.1, 0.15) is 11.5 Å². The van der Waals surface area contributed by atoms with E-state index in [4.69, 9.17) is 9.15 Å². The molecule has 1 amide bonds. The molecule has 0 radical (unpaired) electrons. The molecule has 3 rings (SSSR count). The van der Waals surface area contributed by atoms with Crippen molar-refractivity contribution >= 4 is 18.0 Å². The van der Waals surface area contributed by atoms with Gasteiger partial charge >= 0.3 is 0 Å². The molecule has 6 nitrogen and oxygen atoms in total. The third-order valence-electron chi connectivity index (χ3n) is 3.77. The molecule has 2 aromatic carbocycles. The molecule has 0 unspecified atom stereocenters. The number of benzene rings is 2. The molecule has 6 heteroatoms. The maximum atomic E-state index is 11.8. The number of hydrazone groups is 1. The van der Waals surface area contributed by atoms with Crippen LogP contribution in [0.15, 0.2) is 76.2 Å². The number of carbonyl (C=O) groups excluding carboxylic acids is 1. The molecular weight excluding hydrogens is 342 g/mol. The first-order valence-corrected chi connectivity index (χ1v) is 8.49. The van der Waals surface area contributed by atoms with Crippen molar-refractivity contribution in [2.75, 3.05) is 25.6 Å². The smallest absolute Gasteiger partial charge is 0.277 e. The zero-order valence-electron chi connectivity index (χ0n) is 15.3. The summed E-state index contributed by atoms with van der Waals surface area (Å²) in [5.41, 5.74) is 4.63. The maximum absolute atomic E-state index is 11.8. The monoisotopic (exact) mass is 363 g/mol. The summed E-state index contributed by atoms with van der Waals surface area (Å²) in [6.45, 7) is -0.122. The first-order chi connectivity index (χ1) is 13.1. The lowest BCUT2D eigenvalue weighted by atomic mass is 10.1. The average molecular weight is 363 g/mol. The van der Waals surface area contributed by atoms with Crippen molar-refractivity contribution in [3.8, 4) is 16.9 Å². The lowest BCUT2D eigenvalue weighted by Gasteiger charge is -2.06. The quantitative estimate of drug-likeness (QED) is 0.515. The van der Waals surface area contributed by atoms with Crippen LogP contribution in [0.25, 0.3) is 11.1 Å². The zero-order chi connectivity index (χ0) is 19.1. The van der Waals surface area contributed by atoms with Crippen molar-refractivity contribution in [2.45, 2.75) is 0 Å². The number of hydrogen-bond acceptors (Lipinski definition) is 5. The van der Waals surface area contributed by atoms with E-state index in [1.54, 1.807) is 6.07 Å². The number of hydrogen-bond donors (Lipinski definition) is 1. The van der Waals surface area contributed by atoms with E-state index >= 15 is 0 Å². The Kier molecular flexibility index (Phi) is 5.89. The highest BCUT2D eigenvalue weighted by Crippen LogP contribution is 2.22. The van der Waals surface area contributed by atoms with Crippen LogP contribution < -0.4 is 15.1 Å². The third kappa shape index (κ3) is 5.22. The number of nitrogens with one attached hydrogen (secondary N) is 1. The van der Waals surface area contributed by atoms with Gasteiger partial charge in [0, 0.05) is 20.2 Å². The number of furan rings is 1. The molecule has 0 bridgehead atoms. The SMILES string of the molecule is CN(C)c1ccc(/C=N/NC(=O)COc2ccc(-c3ccccc3)cc2)o1. The van der Waals surface area contributed by atoms with Crippen LogP contribution in [0.2, 0.25) is 0 Å². The highest BCUT2D eigenvalue weighted by Gasteiger charge is 2.04. The molecule has 0 aliphatic heterocycles. The fourth-order valence-corrected chi connectivity index (χ4v) is 2.38. The van der Waals surface area contributed by atoms with E-state index in [1.165, 1.54) is 6.21 Å². The summed E-state index contributed by atoms with van der Waals surface area (Å²) >= 11 is 0. The lowest BCUT2D eigenvalue weighted by molar-refractivity contribution is -0.123. The molecule has 138 valence electrons. The molecule has 0 saturated heterocycles. The van der Waals surface area contributed by atoms with Gasteiger partial charge in [0.2, 0.25) is 0 Å². The van der Waals surface area contributed by atoms with E-state index in [1.807, 2.05) is 79.7 Å². The molecule has 1 heterocycles. The first kappa shape index (κ1) is 18.3. The van der Waals surface area contributed by atoms with Crippen LogP contribution >= 0.6 is 0 Å². The predicted molar refractivity (Wildman–Crippen MR) is 106 cm³/mol. The maximum Gasteiger partial charge on any atom is 0.277 e. The van der Waals surface area contributed by atoms with Crippen LogP contribution in [0.4, 0.5) is 5.88 Å². The average Bonchev–Trinajstić information content (AvgIpc) is 3.17. The van der Waals surface area contributed by atoms with E-state index in [2.05, 4.69) is 10.5 Å². The Morgan fingerprint density at radius 3 is 2.41 bits per heavy atom. The second kappa shape index (κ2) is 8.71. The summed E-state index contributed by atoms with van der Waals surface area (Å²) in [5, 5.41) is 3.86. The van der Waals surface area contributed by atoms with E-state index in [0.717, 1.165) is 11.1 Å². The van der Waals surface area contributed by atoms with Gasteiger partial charge in [-0.2, -0.15) is 5.10 Å². The van der Waals surface area contributed by atoms with Gasteiger partial charge in [0.25, 0.3) is 5.91 Å². The minimum Gasteiger partial charge on any atom is -0.484 e. The fraction of sp³-hybridized carbons (Fsp3) is 0.143. The lowest BCUT2D eigenvalue weighted by Crippen LogP contribution is -2.24. The summed E-state index contributed by atoms with van der Waals surface area (Å²) in [6, 6.07) is 21.2. The van der Waals surface area contributed by atoms with Gasteiger partial charge in [-0.25, -0.2) is 5.43 Å². The van der Waals surface area contributed by atoms with E-state index in [-0.39, 0.29) is 12.5 Å². The minimum atomic E-state index is -0.349. The molecule has 27 heavy (non-hydrogen) atoms. The zero-order valence-corrected chi connectivity index (χ0v) is 15.3. The van der Waals surface area contributed by atoms with Crippen LogP contribution in [0.5, 0.6) is 5.75 Å². The van der Waals surface area contributed by atoms with Crippen molar-refractivity contribution < 1.29 is 13.9 Å². The van der Waals surface area contributed by atoms with Crippen LogP contribution in [-0.2, 0) is 4.79 Å². The molecule has 0 spiro atoms. The van der Waals surface area contributed by atoms with Gasteiger partial charge in [-0.15, -0.1) is 0 Å². The molecule has 0 aliphatic carbocycles. The van der Waals surface area contributed by atoms with Crippen molar-refractivity contribution in [1.82, 2.24) is 5.43 Å². The highest BCUT2D eigenvalue weighted by molar-refractivity contribution is 5.81. The first-order valence-electron chi connectivity index (χ1n) is 8.49. The highest BCUT2D eigenvalue weighted by atomic mass is 16.5. The van der Waals surface area contributed by atoms with Crippen LogP contribution in [0, 0.1) is 0 Å². The van der Waals surface area contributed by atoms with Gasteiger partial charge in [0.15, 0.2) is 12.5 Å². The van der Waals surface area contributed by atoms with Crippen LogP contribution in [0.1, 0.15) is 5.76 Å². The van der Waals surface area contributed by atoms with Gasteiger partial charge in [-0.05, 0) is 29.3 Å². The number of amides is 1. The summed E-state index contributed by atoms with van der Waals surface area (Å²) in [4.78, 5) is 13.7. The molecule has 0 fully saturated rings. The van der Waals surface area contributed by atoms with Gasteiger partial charge in [0.05, 0.1) is 6.21 Å². The summed E-state index contributed by atoms with van der Waals surface area (Å²) in [6.07, 6.45) is 1.44. The van der Waals surface area contributed by atoms with Gasteiger partial charge in [-0.3, -0.25) is 4.79 Å². The van der Waals surface area contributed by atoms with E-state index in [0.29, 0.717) is 17.4 Å².